The van der Waals surface area contributed by atoms with Crippen molar-refractivity contribution in [3.05, 3.63) is 22.8 Å². The molecule has 0 saturated heterocycles. The van der Waals surface area contributed by atoms with E-state index in [9.17, 15) is 18.3 Å². The summed E-state index contributed by atoms with van der Waals surface area (Å²) in [6, 6.07) is 0. The zero-order valence-electron chi connectivity index (χ0n) is 16.3. The normalized spacial score (nSPS) is 39.5. The number of ketones is 1. The third kappa shape index (κ3) is 3.41. The monoisotopic (exact) mass is 392 g/mol. The molecule has 1 unspecified atom stereocenters. The molecule has 0 bridgehead atoms. The third-order valence-corrected chi connectivity index (χ3v) is 7.34. The third-order valence-electron chi connectivity index (χ3n) is 6.82. The van der Waals surface area contributed by atoms with Crippen molar-refractivity contribution in [1.29, 1.82) is 0 Å². The molecular weight excluding hydrogens is 367 g/mol. The SMILES string of the molecule is C[C@]12CC[C@@H]3C(=CCC4=C3CC[C@](O)(OS(=O)(=O)O)C4)C1CCC2=O.[H-].[Na+]. The summed E-state index contributed by atoms with van der Waals surface area (Å²) in [4.78, 5) is 12.3. The first-order chi connectivity index (χ1) is 11.6. The van der Waals surface area contributed by atoms with Gasteiger partial charge in [-0.2, -0.15) is 8.42 Å². The summed E-state index contributed by atoms with van der Waals surface area (Å²) in [6.07, 6.45) is 7.06. The smallest absolute Gasteiger partial charge is 1.00 e. The zero-order chi connectivity index (χ0) is 18.0. The fourth-order valence-electron chi connectivity index (χ4n) is 5.61. The van der Waals surface area contributed by atoms with Crippen LogP contribution in [-0.4, -0.2) is 29.6 Å². The van der Waals surface area contributed by atoms with Gasteiger partial charge in [0.2, 0.25) is 0 Å². The Labute approximate surface area is 177 Å². The van der Waals surface area contributed by atoms with Crippen LogP contribution in [0.4, 0.5) is 0 Å². The standard InChI is InChI=1S/C18H24O6S.Na.H/c1-17-8-6-13-12-7-9-18(20,24-25(21,22)23)10-11(12)2-3-14(13)15(17)4-5-16(17)19;;/h3,13,15,20H,2,4-10H2,1H3,(H,21,22,23);;/q;+1;-1/t13-,15?,17-,18-;;/m0../s1. The number of aliphatic hydroxyl groups is 1. The summed E-state index contributed by atoms with van der Waals surface area (Å²) in [6.45, 7) is 2.10. The molecule has 4 aliphatic rings. The molecule has 140 valence electrons. The summed E-state index contributed by atoms with van der Waals surface area (Å²) in [7, 11) is -4.69. The molecule has 2 saturated carbocycles. The molecule has 0 heterocycles. The molecule has 0 radical (unpaired) electrons. The molecule has 2 fully saturated rings. The first kappa shape index (κ1) is 20.7. The van der Waals surface area contributed by atoms with Crippen molar-refractivity contribution >= 4 is 16.2 Å². The van der Waals surface area contributed by atoms with Crippen molar-refractivity contribution in [3.8, 4) is 0 Å². The van der Waals surface area contributed by atoms with Gasteiger partial charge in [-0.15, -0.1) is 0 Å². The maximum absolute atomic E-state index is 12.3. The second-order valence-corrected chi connectivity index (χ2v) is 9.22. The Morgan fingerprint density at radius 3 is 2.69 bits per heavy atom. The summed E-state index contributed by atoms with van der Waals surface area (Å²) >= 11 is 0. The van der Waals surface area contributed by atoms with E-state index in [1.807, 2.05) is 0 Å². The second kappa shape index (κ2) is 6.79. The molecule has 0 aromatic rings. The van der Waals surface area contributed by atoms with E-state index in [1.54, 1.807) is 0 Å². The number of hydrogen-bond donors (Lipinski definition) is 2. The maximum Gasteiger partial charge on any atom is 1.00 e. The van der Waals surface area contributed by atoms with Crippen molar-refractivity contribution in [3.63, 3.8) is 0 Å². The van der Waals surface area contributed by atoms with Crippen LogP contribution in [0.15, 0.2) is 22.8 Å². The minimum absolute atomic E-state index is 0. The van der Waals surface area contributed by atoms with E-state index in [4.69, 9.17) is 4.55 Å². The number of Topliss-reactive ketones (excluding diaryl/α,β-unsaturated/α-hetero) is 1. The molecule has 0 aliphatic heterocycles. The zero-order valence-corrected chi connectivity index (χ0v) is 18.1. The van der Waals surface area contributed by atoms with Crippen LogP contribution in [0.1, 0.15) is 59.7 Å². The van der Waals surface area contributed by atoms with Gasteiger partial charge in [0.1, 0.15) is 5.78 Å². The summed E-state index contributed by atoms with van der Waals surface area (Å²) < 4.78 is 35.4. The van der Waals surface area contributed by atoms with Gasteiger partial charge < -0.3 is 6.53 Å². The van der Waals surface area contributed by atoms with Gasteiger partial charge in [0, 0.05) is 30.6 Å². The second-order valence-electron chi connectivity index (χ2n) is 8.19. The van der Waals surface area contributed by atoms with Gasteiger partial charge >= 0.3 is 40.0 Å². The minimum Gasteiger partial charge on any atom is -1.00 e. The van der Waals surface area contributed by atoms with E-state index in [0.717, 1.165) is 24.8 Å². The molecular formula is C18H25NaO6S. The van der Waals surface area contributed by atoms with Gasteiger partial charge in [0.05, 0.1) is 0 Å². The van der Waals surface area contributed by atoms with Crippen LogP contribution in [0.5, 0.6) is 0 Å². The largest absolute Gasteiger partial charge is 1.00 e. The van der Waals surface area contributed by atoms with E-state index >= 15 is 0 Å². The molecule has 8 heteroatoms. The quantitative estimate of drug-likeness (QED) is 0.293. The maximum atomic E-state index is 12.3. The topological polar surface area (TPSA) is 101 Å². The number of allylic oxidation sites excluding steroid dienone is 3. The van der Waals surface area contributed by atoms with Gasteiger partial charge in [-0.05, 0) is 38.0 Å². The molecule has 0 aromatic heterocycles. The van der Waals surface area contributed by atoms with Crippen LogP contribution in [-0.2, 0) is 19.4 Å². The number of carbonyl (C=O) groups is 1. The fraction of sp³-hybridized carbons (Fsp3) is 0.722. The van der Waals surface area contributed by atoms with Crippen LogP contribution < -0.4 is 29.6 Å². The summed E-state index contributed by atoms with van der Waals surface area (Å²) in [5.41, 5.74) is 3.45. The Morgan fingerprint density at radius 2 is 2.00 bits per heavy atom. The van der Waals surface area contributed by atoms with Crippen LogP contribution >= 0.6 is 0 Å². The van der Waals surface area contributed by atoms with Crippen LogP contribution in [0, 0.1) is 17.3 Å². The van der Waals surface area contributed by atoms with Gasteiger partial charge in [-0.3, -0.25) is 9.35 Å². The van der Waals surface area contributed by atoms with E-state index in [1.165, 1.54) is 11.1 Å². The van der Waals surface area contributed by atoms with Crippen molar-refractivity contribution in [2.75, 3.05) is 0 Å². The Hall–Kier alpha value is -0.0200. The predicted molar refractivity (Wildman–Crippen MR) is 90.8 cm³/mol. The Bertz CT molecular complexity index is 807. The minimum atomic E-state index is -4.69. The first-order valence-electron chi connectivity index (χ1n) is 8.96. The van der Waals surface area contributed by atoms with E-state index in [-0.39, 0.29) is 49.2 Å². The van der Waals surface area contributed by atoms with Crippen LogP contribution in [0.3, 0.4) is 0 Å². The van der Waals surface area contributed by atoms with Gasteiger partial charge in [0.25, 0.3) is 0 Å². The first-order valence-corrected chi connectivity index (χ1v) is 10.3. The Kier molecular flexibility index (Phi) is 5.41. The van der Waals surface area contributed by atoms with Crippen LogP contribution in [0.2, 0.25) is 0 Å². The van der Waals surface area contributed by atoms with Gasteiger partial charge in [-0.25, -0.2) is 4.18 Å². The molecule has 0 amide bonds. The van der Waals surface area contributed by atoms with Gasteiger partial charge in [-0.1, -0.05) is 29.7 Å². The Morgan fingerprint density at radius 1 is 1.27 bits per heavy atom. The van der Waals surface area contributed by atoms with E-state index in [2.05, 4.69) is 17.2 Å². The summed E-state index contributed by atoms with van der Waals surface area (Å²) in [5.74, 6) is -0.841. The van der Waals surface area contributed by atoms with Crippen molar-refractivity contribution in [2.24, 2.45) is 17.3 Å². The molecule has 0 spiro atoms. The molecule has 4 aliphatic carbocycles. The molecule has 0 aromatic carbocycles. The number of fused-ring (bicyclic) bond motifs is 4. The average Bonchev–Trinajstić information content (AvgIpc) is 2.80. The van der Waals surface area contributed by atoms with E-state index < -0.39 is 16.2 Å². The predicted octanol–water partition coefficient (Wildman–Crippen LogP) is -0.183. The Balaban J connectivity index is 0.00000131. The van der Waals surface area contributed by atoms with E-state index in [0.29, 0.717) is 36.9 Å². The molecule has 26 heavy (non-hydrogen) atoms. The van der Waals surface area contributed by atoms with Crippen molar-refractivity contribution in [1.82, 2.24) is 0 Å². The average molecular weight is 392 g/mol. The number of rotatable bonds is 2. The summed E-state index contributed by atoms with van der Waals surface area (Å²) in [5, 5.41) is 10.4. The molecule has 2 N–H and O–H groups in total. The molecule has 6 nitrogen and oxygen atoms in total. The van der Waals surface area contributed by atoms with Crippen molar-refractivity contribution < 1.29 is 58.0 Å². The number of carbonyl (C=O) groups excluding carboxylic acids is 1. The van der Waals surface area contributed by atoms with Gasteiger partial charge in [0.15, 0.2) is 5.79 Å². The molecule has 4 atom stereocenters. The molecule has 4 rings (SSSR count). The van der Waals surface area contributed by atoms with Crippen molar-refractivity contribution in [2.45, 2.75) is 64.1 Å². The fourth-order valence-corrected chi connectivity index (χ4v) is 6.14. The van der Waals surface area contributed by atoms with Crippen LogP contribution in [0.25, 0.3) is 0 Å². The number of hydrogen-bond acceptors (Lipinski definition) is 5.